The molecule has 0 aromatic heterocycles. The Morgan fingerprint density at radius 2 is 2.20 bits per heavy atom. The highest BCUT2D eigenvalue weighted by Gasteiger charge is 2.19. The van der Waals surface area contributed by atoms with E-state index in [4.69, 9.17) is 5.11 Å². The number of halogens is 1. The zero-order valence-corrected chi connectivity index (χ0v) is 8.46. The first-order valence-corrected chi connectivity index (χ1v) is 4.71. The molecule has 0 amide bonds. The Balaban J connectivity index is 3.69. The number of carboxylic acids is 1. The molecule has 0 aromatic carbocycles. The predicted molar refractivity (Wildman–Crippen MR) is 49.5 cm³/mol. The summed E-state index contributed by atoms with van der Waals surface area (Å²) in [5, 5.41) is 8.57. The van der Waals surface area contributed by atoms with Crippen LogP contribution in [0.2, 0.25) is 0 Å². The van der Waals surface area contributed by atoms with Crippen molar-refractivity contribution in [1.82, 2.24) is 0 Å². The van der Waals surface area contributed by atoms with Gasteiger partial charge < -0.3 is 5.11 Å². The van der Waals surface area contributed by atoms with Gasteiger partial charge >= 0.3 is 5.97 Å². The SMILES string of the molecule is CCCC(C)C(I)C(=O)O. The van der Waals surface area contributed by atoms with Crippen molar-refractivity contribution in [3.05, 3.63) is 0 Å². The number of aliphatic carboxylic acids is 1. The van der Waals surface area contributed by atoms with Crippen LogP contribution in [0.15, 0.2) is 0 Å². The van der Waals surface area contributed by atoms with Crippen molar-refractivity contribution in [2.24, 2.45) is 5.92 Å². The largest absolute Gasteiger partial charge is 0.480 e. The van der Waals surface area contributed by atoms with Gasteiger partial charge in [-0.15, -0.1) is 0 Å². The molecule has 3 heteroatoms. The molecular formula is C7H13IO2. The molecule has 10 heavy (non-hydrogen) atoms. The lowest BCUT2D eigenvalue weighted by molar-refractivity contribution is -0.136. The van der Waals surface area contributed by atoms with Crippen molar-refractivity contribution in [2.45, 2.75) is 30.6 Å². The fourth-order valence-electron chi connectivity index (χ4n) is 0.845. The van der Waals surface area contributed by atoms with Crippen LogP contribution < -0.4 is 0 Å². The third-order valence-corrected chi connectivity index (χ3v) is 3.24. The molecule has 0 aromatic rings. The Bertz CT molecular complexity index is 114. The van der Waals surface area contributed by atoms with Crippen LogP contribution >= 0.6 is 22.6 Å². The van der Waals surface area contributed by atoms with E-state index in [1.807, 2.05) is 29.5 Å². The molecule has 0 heterocycles. The summed E-state index contributed by atoms with van der Waals surface area (Å²) < 4.78 is -0.224. The molecule has 0 aliphatic carbocycles. The van der Waals surface area contributed by atoms with Gasteiger partial charge in [-0.1, -0.05) is 42.9 Å². The second-order valence-corrected chi connectivity index (χ2v) is 3.85. The van der Waals surface area contributed by atoms with E-state index < -0.39 is 5.97 Å². The van der Waals surface area contributed by atoms with Crippen LogP contribution in [0.4, 0.5) is 0 Å². The van der Waals surface area contributed by atoms with Crippen LogP contribution in [0, 0.1) is 5.92 Å². The lowest BCUT2D eigenvalue weighted by atomic mass is 10.0. The maximum atomic E-state index is 10.4. The Kier molecular flexibility index (Phi) is 5.03. The van der Waals surface area contributed by atoms with Gasteiger partial charge in [-0.2, -0.15) is 0 Å². The quantitative estimate of drug-likeness (QED) is 0.619. The molecular weight excluding hydrogens is 243 g/mol. The fourth-order valence-corrected chi connectivity index (χ4v) is 1.20. The van der Waals surface area contributed by atoms with Gasteiger partial charge in [0, 0.05) is 0 Å². The van der Waals surface area contributed by atoms with Crippen LogP contribution in [0.1, 0.15) is 26.7 Å². The number of hydrogen-bond donors (Lipinski definition) is 1. The summed E-state index contributed by atoms with van der Waals surface area (Å²) in [5.74, 6) is -0.398. The van der Waals surface area contributed by atoms with Crippen molar-refractivity contribution in [3.63, 3.8) is 0 Å². The standard InChI is InChI=1S/C7H13IO2/c1-3-4-5(2)6(8)7(9)10/h5-6H,3-4H2,1-2H3,(H,9,10). The minimum atomic E-state index is -0.693. The molecule has 2 atom stereocenters. The number of rotatable bonds is 4. The first kappa shape index (κ1) is 10.2. The van der Waals surface area contributed by atoms with E-state index in [1.165, 1.54) is 0 Å². The van der Waals surface area contributed by atoms with Gasteiger partial charge in [0.15, 0.2) is 0 Å². The van der Waals surface area contributed by atoms with E-state index in [1.54, 1.807) is 0 Å². The molecule has 0 saturated heterocycles. The summed E-state index contributed by atoms with van der Waals surface area (Å²) in [6.45, 7) is 4.05. The Morgan fingerprint density at radius 1 is 1.70 bits per heavy atom. The monoisotopic (exact) mass is 256 g/mol. The van der Waals surface area contributed by atoms with Gasteiger partial charge in [0.05, 0.1) is 0 Å². The van der Waals surface area contributed by atoms with Gasteiger partial charge in [-0.05, 0) is 12.3 Å². The van der Waals surface area contributed by atoms with Crippen LogP contribution in [-0.4, -0.2) is 15.0 Å². The van der Waals surface area contributed by atoms with Gasteiger partial charge in [-0.25, -0.2) is 0 Å². The van der Waals surface area contributed by atoms with Gasteiger partial charge in [0.1, 0.15) is 3.92 Å². The second-order valence-electron chi connectivity index (χ2n) is 2.51. The van der Waals surface area contributed by atoms with E-state index in [2.05, 4.69) is 6.92 Å². The van der Waals surface area contributed by atoms with Crippen molar-refractivity contribution >= 4 is 28.6 Å². The highest BCUT2D eigenvalue weighted by atomic mass is 127. The predicted octanol–water partition coefficient (Wildman–Crippen LogP) is 2.31. The average molecular weight is 256 g/mol. The van der Waals surface area contributed by atoms with Crippen LogP contribution in [0.25, 0.3) is 0 Å². The first-order valence-electron chi connectivity index (χ1n) is 3.46. The maximum absolute atomic E-state index is 10.4. The molecule has 1 N–H and O–H groups in total. The van der Waals surface area contributed by atoms with Crippen molar-refractivity contribution in [1.29, 1.82) is 0 Å². The Labute approximate surface area is 75.1 Å². The Hall–Kier alpha value is 0.200. The highest BCUT2D eigenvalue weighted by molar-refractivity contribution is 14.1. The fraction of sp³-hybridized carbons (Fsp3) is 0.857. The lowest BCUT2D eigenvalue weighted by Crippen LogP contribution is -2.20. The Morgan fingerprint density at radius 3 is 2.50 bits per heavy atom. The number of hydrogen-bond acceptors (Lipinski definition) is 1. The maximum Gasteiger partial charge on any atom is 0.316 e. The summed E-state index contributed by atoms with van der Waals surface area (Å²) in [7, 11) is 0. The third kappa shape index (κ3) is 3.39. The van der Waals surface area contributed by atoms with E-state index >= 15 is 0 Å². The van der Waals surface area contributed by atoms with Gasteiger partial charge in [-0.3, -0.25) is 4.79 Å². The third-order valence-electron chi connectivity index (χ3n) is 1.48. The zero-order chi connectivity index (χ0) is 8.15. The summed E-state index contributed by atoms with van der Waals surface area (Å²) in [4.78, 5) is 10.4. The number of alkyl halides is 1. The molecule has 0 saturated carbocycles. The van der Waals surface area contributed by atoms with E-state index in [-0.39, 0.29) is 3.92 Å². The summed E-state index contributed by atoms with van der Waals surface area (Å²) in [5.41, 5.74) is 0. The molecule has 2 unspecified atom stereocenters. The summed E-state index contributed by atoms with van der Waals surface area (Å²) >= 11 is 1.98. The minimum Gasteiger partial charge on any atom is -0.480 e. The number of carbonyl (C=O) groups is 1. The topological polar surface area (TPSA) is 37.3 Å². The zero-order valence-electron chi connectivity index (χ0n) is 6.30. The van der Waals surface area contributed by atoms with Crippen molar-refractivity contribution in [3.8, 4) is 0 Å². The lowest BCUT2D eigenvalue weighted by Gasteiger charge is -2.12. The summed E-state index contributed by atoms with van der Waals surface area (Å²) in [6.07, 6.45) is 2.06. The van der Waals surface area contributed by atoms with Crippen LogP contribution in [0.3, 0.4) is 0 Å². The molecule has 0 radical (unpaired) electrons. The second kappa shape index (κ2) is 4.93. The molecule has 0 aliphatic rings. The smallest absolute Gasteiger partial charge is 0.316 e. The van der Waals surface area contributed by atoms with Crippen LogP contribution in [-0.2, 0) is 4.79 Å². The van der Waals surface area contributed by atoms with E-state index in [0.717, 1.165) is 12.8 Å². The number of carboxylic acid groups (broad SMARTS) is 1. The minimum absolute atomic E-state index is 0.224. The highest BCUT2D eigenvalue weighted by Crippen LogP contribution is 2.18. The molecule has 0 spiro atoms. The molecule has 0 aliphatic heterocycles. The molecule has 0 rings (SSSR count). The van der Waals surface area contributed by atoms with Crippen LogP contribution in [0.5, 0.6) is 0 Å². The summed E-state index contributed by atoms with van der Waals surface area (Å²) in [6, 6.07) is 0. The van der Waals surface area contributed by atoms with Crippen molar-refractivity contribution in [2.75, 3.05) is 0 Å². The normalized spacial score (nSPS) is 16.3. The first-order chi connectivity index (χ1) is 4.59. The molecule has 2 nitrogen and oxygen atoms in total. The van der Waals surface area contributed by atoms with Crippen molar-refractivity contribution < 1.29 is 9.90 Å². The van der Waals surface area contributed by atoms with E-state index in [0.29, 0.717) is 5.92 Å². The average Bonchev–Trinajstić information content (AvgIpc) is 1.87. The van der Waals surface area contributed by atoms with E-state index in [9.17, 15) is 4.79 Å². The molecule has 0 fully saturated rings. The molecule has 60 valence electrons. The van der Waals surface area contributed by atoms with Gasteiger partial charge in [0.2, 0.25) is 0 Å². The van der Waals surface area contributed by atoms with Gasteiger partial charge in [0.25, 0.3) is 0 Å². The molecule has 0 bridgehead atoms.